The van der Waals surface area contributed by atoms with Gasteiger partial charge >= 0.3 is 0 Å². The smallest absolute Gasteiger partial charge is 0.0893 e. The molecule has 0 aromatic rings. The van der Waals surface area contributed by atoms with Crippen LogP contribution in [0.3, 0.4) is 0 Å². The van der Waals surface area contributed by atoms with Crippen LogP contribution < -0.4 is 48.0 Å². The van der Waals surface area contributed by atoms with Crippen molar-refractivity contribution >= 4 is 22.6 Å². The van der Waals surface area contributed by atoms with Gasteiger partial charge in [0.2, 0.25) is 0 Å². The van der Waals surface area contributed by atoms with Gasteiger partial charge in [-0.25, -0.2) is 0 Å². The molecule has 46 heavy (non-hydrogen) atoms. The number of fused-ring (bicyclic) bond motifs is 2. The van der Waals surface area contributed by atoms with Crippen LogP contribution in [0.2, 0.25) is 0 Å². The second-order valence-corrected chi connectivity index (χ2v) is 17.7. The summed E-state index contributed by atoms with van der Waals surface area (Å²) in [5.74, 6) is 4.33. The molecule has 0 aromatic heterocycles. The van der Waals surface area contributed by atoms with E-state index in [9.17, 15) is 0 Å². The van der Waals surface area contributed by atoms with Crippen LogP contribution in [-0.4, -0.2) is 114 Å². The van der Waals surface area contributed by atoms with Gasteiger partial charge in [0.1, 0.15) is 0 Å². The summed E-state index contributed by atoms with van der Waals surface area (Å²) in [5.41, 5.74) is 0. The Morgan fingerprint density at radius 1 is 0.391 bits per heavy atom. The summed E-state index contributed by atoms with van der Waals surface area (Å²) in [5, 5.41) is 0. The number of piperidine rings is 4. The number of rotatable bonds is 4. The number of halogens is 3. The first-order valence-electron chi connectivity index (χ1n) is 20.0. The summed E-state index contributed by atoms with van der Waals surface area (Å²) in [4.78, 5) is 7.66. The van der Waals surface area contributed by atoms with E-state index in [1.54, 1.807) is 25.7 Å². The van der Waals surface area contributed by atoms with Gasteiger partial charge in [-0.3, -0.25) is 0 Å². The van der Waals surface area contributed by atoms with Gasteiger partial charge in [-0.2, -0.15) is 0 Å². The van der Waals surface area contributed by atoms with Crippen LogP contribution in [0.25, 0.3) is 0 Å². The maximum Gasteiger partial charge on any atom is 0.0893 e. The van der Waals surface area contributed by atoms with Crippen LogP contribution in [0.15, 0.2) is 0 Å². The number of likely N-dealkylation sites (tertiary alicyclic amines) is 4. The molecule has 0 radical (unpaired) electrons. The van der Waals surface area contributed by atoms with E-state index < -0.39 is 0 Å². The lowest BCUT2D eigenvalue weighted by atomic mass is 9.98. The van der Waals surface area contributed by atoms with Crippen molar-refractivity contribution in [1.29, 1.82) is 0 Å². The van der Waals surface area contributed by atoms with Crippen molar-refractivity contribution in [3.63, 3.8) is 0 Å². The second kappa shape index (κ2) is 19.2. The molecule has 4 heterocycles. The highest BCUT2D eigenvalue weighted by Crippen LogP contribution is 2.50. The summed E-state index contributed by atoms with van der Waals surface area (Å²) < 4.78 is 2.87. The molecule has 0 bridgehead atoms. The zero-order chi connectivity index (χ0) is 30.6. The van der Waals surface area contributed by atoms with Crippen LogP contribution in [0.5, 0.6) is 0 Å². The van der Waals surface area contributed by atoms with E-state index in [-0.39, 0.29) is 48.0 Å². The zero-order valence-corrected chi connectivity index (χ0v) is 36.8. The van der Waals surface area contributed by atoms with Crippen molar-refractivity contribution < 1.29 is 56.9 Å². The lowest BCUT2D eigenvalue weighted by molar-refractivity contribution is -0.940. The molecule has 0 N–H and O–H groups in total. The third kappa shape index (κ3) is 9.71. The normalized spacial score (nSPS) is 40.2. The second-order valence-electron chi connectivity index (χ2n) is 17.7. The molecule has 8 aliphatic rings. The van der Waals surface area contributed by atoms with Crippen LogP contribution in [-0.2, 0) is 0 Å². The molecule has 4 aliphatic carbocycles. The highest BCUT2D eigenvalue weighted by atomic mass is 127. The first kappa shape index (κ1) is 40.8. The van der Waals surface area contributed by atoms with E-state index in [0.29, 0.717) is 0 Å². The van der Waals surface area contributed by atoms with Crippen LogP contribution >= 0.6 is 22.6 Å². The minimum Gasteiger partial charge on any atom is -1.00 e. The molecule has 0 atom stereocenters. The fraction of sp³-hybridized carbons (Fsp3) is 1.00. The van der Waals surface area contributed by atoms with Gasteiger partial charge in [0, 0.05) is 37.8 Å². The summed E-state index contributed by atoms with van der Waals surface area (Å²) in [7, 11) is 5.17. The molecular formula is C39H73I3N4. The Morgan fingerprint density at radius 2 is 0.652 bits per heavy atom. The summed E-state index contributed by atoms with van der Waals surface area (Å²) in [6.45, 7) is 11.5. The summed E-state index contributed by atoms with van der Waals surface area (Å²) >= 11 is 2.15. The molecule has 0 aromatic carbocycles. The van der Waals surface area contributed by atoms with E-state index in [2.05, 4.69) is 46.5 Å². The van der Waals surface area contributed by atoms with Crippen molar-refractivity contribution in [2.75, 3.05) is 71.4 Å². The van der Waals surface area contributed by atoms with E-state index in [1.165, 1.54) is 164 Å². The SMILES string of the molecule is C1CCN(C2CC3CC(N4CCCCC4)CC3C2)CC1.CI.C[N+]1(C2CC3CC([N+]4(C)CCCCC4)CC3C2)CCCCC1.[I-].[I-]. The maximum absolute atomic E-state index is 2.84. The molecule has 270 valence electrons. The number of quaternary nitrogens is 2. The molecule has 8 rings (SSSR count). The fourth-order valence-corrected chi connectivity index (χ4v) is 12.5. The van der Waals surface area contributed by atoms with E-state index in [0.717, 1.165) is 47.8 Å². The summed E-state index contributed by atoms with van der Waals surface area (Å²) in [6.07, 6.45) is 30.1. The molecule has 4 saturated heterocycles. The Morgan fingerprint density at radius 3 is 0.957 bits per heavy atom. The highest BCUT2D eigenvalue weighted by Gasteiger charge is 2.52. The van der Waals surface area contributed by atoms with Crippen molar-refractivity contribution in [3.8, 4) is 0 Å². The molecule has 4 aliphatic heterocycles. The van der Waals surface area contributed by atoms with Crippen molar-refractivity contribution in [2.24, 2.45) is 23.7 Å². The number of alkyl halides is 1. The molecule has 4 nitrogen and oxygen atoms in total. The predicted octanol–water partition coefficient (Wildman–Crippen LogP) is 2.38. The van der Waals surface area contributed by atoms with Crippen molar-refractivity contribution in [3.05, 3.63) is 0 Å². The van der Waals surface area contributed by atoms with E-state index in [4.69, 9.17) is 0 Å². The molecular weight excluding hydrogens is 905 g/mol. The highest BCUT2D eigenvalue weighted by molar-refractivity contribution is 14.1. The monoisotopic (exact) mass is 978 g/mol. The van der Waals surface area contributed by atoms with Gasteiger partial charge < -0.3 is 66.7 Å². The Bertz CT molecular complexity index is 771. The average molecular weight is 979 g/mol. The molecule has 8 fully saturated rings. The van der Waals surface area contributed by atoms with Crippen LogP contribution in [0.4, 0.5) is 0 Å². The lowest BCUT2D eigenvalue weighted by Gasteiger charge is -2.45. The predicted molar refractivity (Wildman–Crippen MR) is 196 cm³/mol. The largest absolute Gasteiger partial charge is 1.00 e. The topological polar surface area (TPSA) is 6.48 Å². The summed E-state index contributed by atoms with van der Waals surface area (Å²) in [6, 6.07) is 3.96. The van der Waals surface area contributed by atoms with Crippen LogP contribution in [0.1, 0.15) is 128 Å². The molecule has 7 heteroatoms. The van der Waals surface area contributed by atoms with Crippen molar-refractivity contribution in [2.45, 2.75) is 153 Å². The number of hydrogen-bond acceptors (Lipinski definition) is 2. The van der Waals surface area contributed by atoms with Gasteiger partial charge in [0.15, 0.2) is 0 Å². The lowest BCUT2D eigenvalue weighted by Crippen LogP contribution is -3.00. The van der Waals surface area contributed by atoms with Gasteiger partial charge in [-0.15, -0.1) is 0 Å². The molecule has 0 amide bonds. The Hall–Kier alpha value is 2.03. The molecule has 0 spiro atoms. The number of nitrogens with zero attached hydrogens (tertiary/aromatic N) is 4. The quantitative estimate of drug-likeness (QED) is 0.243. The van der Waals surface area contributed by atoms with Gasteiger partial charge in [-0.1, -0.05) is 35.4 Å². The van der Waals surface area contributed by atoms with Crippen molar-refractivity contribution in [1.82, 2.24) is 9.80 Å². The average Bonchev–Trinajstić information content (AvgIpc) is 3.85. The van der Waals surface area contributed by atoms with Gasteiger partial charge in [0.05, 0.1) is 52.4 Å². The Kier molecular flexibility index (Phi) is 17.0. The first-order valence-corrected chi connectivity index (χ1v) is 22.2. The third-order valence-corrected chi connectivity index (χ3v) is 15.2. The minimum atomic E-state index is 0. The standard InChI is InChI=1S/C20H38N2.C18H32N2.CH3I.2HI/c1-21(9-5-3-6-10-21)19-13-17-15-20(16-18(17)14-19)22(2)11-7-4-8-12-22;1-3-7-19(8-4-1)17-11-15-13-18(14-16(15)12-17)20-9-5-2-6-10-20;1-2;;/h17-20H,3-16H2,1-2H3;15-18H,1-14H2;1H3;2*1H/q+2;;;;/p-2. The molecule has 4 saturated carbocycles. The molecule has 0 unspecified atom stereocenters. The number of hydrogen-bond donors (Lipinski definition) is 0. The fourth-order valence-electron chi connectivity index (χ4n) is 12.5. The van der Waals surface area contributed by atoms with Gasteiger partial charge in [-0.05, 0) is 145 Å². The minimum absolute atomic E-state index is 0. The third-order valence-electron chi connectivity index (χ3n) is 15.2. The van der Waals surface area contributed by atoms with Gasteiger partial charge in [0.25, 0.3) is 0 Å². The Balaban J connectivity index is 0.000000191. The van der Waals surface area contributed by atoms with E-state index >= 15 is 0 Å². The van der Waals surface area contributed by atoms with E-state index in [1.807, 2.05) is 4.93 Å². The maximum atomic E-state index is 2.84. The zero-order valence-electron chi connectivity index (χ0n) is 30.3. The van der Waals surface area contributed by atoms with Crippen LogP contribution in [0, 0.1) is 23.7 Å². The first-order chi connectivity index (χ1) is 21.5. The Labute approximate surface area is 334 Å².